The fourth-order valence-corrected chi connectivity index (χ4v) is 3.78. The number of rotatable bonds is 7. The first-order valence-electron chi connectivity index (χ1n) is 10.7. The van der Waals surface area contributed by atoms with Crippen LogP contribution in [0.2, 0.25) is 0 Å². The first-order valence-corrected chi connectivity index (χ1v) is 10.7. The van der Waals surface area contributed by atoms with E-state index in [1.54, 1.807) is 0 Å². The number of aromatic nitrogens is 2. The van der Waals surface area contributed by atoms with Gasteiger partial charge in [-0.05, 0) is 54.9 Å². The lowest BCUT2D eigenvalue weighted by molar-refractivity contribution is -0.137. The van der Waals surface area contributed by atoms with Gasteiger partial charge in [-0.25, -0.2) is 4.98 Å². The van der Waals surface area contributed by atoms with Crippen LogP contribution in [0, 0.1) is 6.92 Å². The van der Waals surface area contributed by atoms with Crippen molar-refractivity contribution in [3.63, 3.8) is 0 Å². The highest BCUT2D eigenvalue weighted by Crippen LogP contribution is 2.33. The number of aryl methyl sites for hydroxylation is 1. The number of alkyl halides is 3. The number of imidazole rings is 1. The Morgan fingerprint density at radius 1 is 1.03 bits per heavy atom. The van der Waals surface area contributed by atoms with Gasteiger partial charge in [-0.1, -0.05) is 37.3 Å². The number of nitrogens with one attached hydrogen (secondary N) is 2. The molecule has 0 aliphatic heterocycles. The van der Waals surface area contributed by atoms with Gasteiger partial charge in [-0.2, -0.15) is 13.2 Å². The van der Waals surface area contributed by atoms with Crippen LogP contribution in [0.4, 0.5) is 24.8 Å². The lowest BCUT2D eigenvalue weighted by atomic mass is 10.1. The standard InChI is InChI=1S/C25H25F3N4O/c1-3-29-14-18-12-16(2)13-21(23(18)33)31-24-30-20-6-4-5-7-22(20)32(24)15-17-8-10-19(11-9-17)25(26,27)28/h4-13,29,33H,3,14-15H2,1-2H3,(H,30,31). The fourth-order valence-electron chi connectivity index (χ4n) is 3.78. The molecular formula is C25H25F3N4O. The summed E-state index contributed by atoms with van der Waals surface area (Å²) in [5.74, 6) is 0.626. The third-order valence-corrected chi connectivity index (χ3v) is 5.42. The van der Waals surface area contributed by atoms with Gasteiger partial charge in [0, 0.05) is 12.1 Å². The molecule has 0 bridgehead atoms. The smallest absolute Gasteiger partial charge is 0.416 e. The molecule has 0 aliphatic rings. The van der Waals surface area contributed by atoms with Crippen LogP contribution in [0.25, 0.3) is 11.0 Å². The summed E-state index contributed by atoms with van der Waals surface area (Å²) in [7, 11) is 0. The number of fused-ring (bicyclic) bond motifs is 1. The Morgan fingerprint density at radius 2 is 1.76 bits per heavy atom. The molecule has 3 aromatic carbocycles. The van der Waals surface area contributed by atoms with Gasteiger partial charge in [-0.15, -0.1) is 0 Å². The Morgan fingerprint density at radius 3 is 2.45 bits per heavy atom. The van der Waals surface area contributed by atoms with Crippen molar-refractivity contribution in [3.8, 4) is 5.75 Å². The van der Waals surface area contributed by atoms with Gasteiger partial charge in [0.05, 0.1) is 28.8 Å². The van der Waals surface area contributed by atoms with E-state index in [4.69, 9.17) is 0 Å². The molecule has 4 rings (SSSR count). The van der Waals surface area contributed by atoms with E-state index in [1.807, 2.05) is 54.8 Å². The molecule has 0 saturated carbocycles. The lowest BCUT2D eigenvalue weighted by Crippen LogP contribution is -2.12. The number of nitrogens with zero attached hydrogens (tertiary/aromatic N) is 2. The minimum absolute atomic E-state index is 0.134. The zero-order valence-electron chi connectivity index (χ0n) is 18.4. The number of phenols is 1. The minimum Gasteiger partial charge on any atom is -0.505 e. The molecule has 33 heavy (non-hydrogen) atoms. The zero-order valence-corrected chi connectivity index (χ0v) is 18.4. The van der Waals surface area contributed by atoms with Crippen molar-refractivity contribution in [1.29, 1.82) is 0 Å². The summed E-state index contributed by atoms with van der Waals surface area (Å²) < 4.78 is 40.7. The van der Waals surface area contributed by atoms with Crippen LogP contribution in [0.5, 0.6) is 5.75 Å². The van der Waals surface area contributed by atoms with E-state index in [0.29, 0.717) is 30.3 Å². The highest BCUT2D eigenvalue weighted by Gasteiger charge is 2.30. The molecule has 4 aromatic rings. The van der Waals surface area contributed by atoms with Gasteiger partial charge < -0.3 is 20.3 Å². The van der Waals surface area contributed by atoms with E-state index in [-0.39, 0.29) is 5.75 Å². The summed E-state index contributed by atoms with van der Waals surface area (Å²) in [6, 6.07) is 16.4. The van der Waals surface area contributed by atoms with Crippen molar-refractivity contribution < 1.29 is 18.3 Å². The zero-order chi connectivity index (χ0) is 23.6. The number of hydrogen-bond donors (Lipinski definition) is 3. The SMILES string of the molecule is CCNCc1cc(C)cc(Nc2nc3ccccc3n2Cc2ccc(C(F)(F)F)cc2)c1O. The molecule has 3 N–H and O–H groups in total. The van der Waals surface area contributed by atoms with E-state index >= 15 is 0 Å². The van der Waals surface area contributed by atoms with Crippen LogP contribution in [0.3, 0.4) is 0 Å². The molecular weight excluding hydrogens is 429 g/mol. The van der Waals surface area contributed by atoms with Gasteiger partial charge >= 0.3 is 6.18 Å². The number of hydrogen-bond acceptors (Lipinski definition) is 4. The first-order chi connectivity index (χ1) is 15.8. The number of aromatic hydroxyl groups is 1. The van der Waals surface area contributed by atoms with Crippen LogP contribution < -0.4 is 10.6 Å². The highest BCUT2D eigenvalue weighted by molar-refractivity contribution is 5.80. The molecule has 5 nitrogen and oxygen atoms in total. The van der Waals surface area contributed by atoms with Crippen LogP contribution >= 0.6 is 0 Å². The fraction of sp³-hybridized carbons (Fsp3) is 0.240. The summed E-state index contributed by atoms with van der Waals surface area (Å²) in [5, 5.41) is 17.3. The maximum absolute atomic E-state index is 12.9. The average molecular weight is 454 g/mol. The van der Waals surface area contributed by atoms with Crippen molar-refractivity contribution in [2.75, 3.05) is 11.9 Å². The maximum Gasteiger partial charge on any atom is 0.416 e. The molecule has 0 unspecified atom stereocenters. The number of para-hydroxylation sites is 2. The number of phenolic OH excluding ortho intramolecular Hbond substituents is 1. The first kappa shape index (κ1) is 22.7. The van der Waals surface area contributed by atoms with E-state index in [2.05, 4.69) is 15.6 Å². The monoisotopic (exact) mass is 454 g/mol. The average Bonchev–Trinajstić information content (AvgIpc) is 3.11. The molecule has 0 atom stereocenters. The van der Waals surface area contributed by atoms with Gasteiger partial charge in [0.1, 0.15) is 5.75 Å². The molecule has 1 heterocycles. The molecule has 0 fully saturated rings. The molecule has 0 radical (unpaired) electrons. The topological polar surface area (TPSA) is 62.1 Å². The normalized spacial score (nSPS) is 11.8. The number of benzene rings is 3. The summed E-state index contributed by atoms with van der Waals surface area (Å²) in [4.78, 5) is 4.67. The van der Waals surface area contributed by atoms with Gasteiger partial charge in [0.15, 0.2) is 0 Å². The highest BCUT2D eigenvalue weighted by atomic mass is 19.4. The third-order valence-electron chi connectivity index (χ3n) is 5.42. The summed E-state index contributed by atoms with van der Waals surface area (Å²) in [5.41, 5.74) is 3.87. The second-order valence-corrected chi connectivity index (χ2v) is 7.93. The molecule has 0 saturated heterocycles. The van der Waals surface area contributed by atoms with Crippen LogP contribution in [0.15, 0.2) is 60.7 Å². The molecule has 0 amide bonds. The van der Waals surface area contributed by atoms with Crippen LogP contribution in [-0.2, 0) is 19.3 Å². The van der Waals surface area contributed by atoms with Crippen molar-refractivity contribution >= 4 is 22.7 Å². The largest absolute Gasteiger partial charge is 0.505 e. The Balaban J connectivity index is 1.71. The molecule has 8 heteroatoms. The van der Waals surface area contributed by atoms with Crippen molar-refractivity contribution in [1.82, 2.24) is 14.9 Å². The van der Waals surface area contributed by atoms with E-state index in [9.17, 15) is 18.3 Å². The molecule has 172 valence electrons. The van der Waals surface area contributed by atoms with E-state index < -0.39 is 11.7 Å². The number of anilines is 2. The lowest BCUT2D eigenvalue weighted by Gasteiger charge is -2.15. The second kappa shape index (κ2) is 9.15. The van der Waals surface area contributed by atoms with Gasteiger partial charge in [0.2, 0.25) is 5.95 Å². The minimum atomic E-state index is -4.38. The molecule has 0 aliphatic carbocycles. The Bertz CT molecular complexity index is 1260. The van der Waals surface area contributed by atoms with Crippen molar-refractivity contribution in [3.05, 3.63) is 82.9 Å². The Labute approximate surface area is 189 Å². The Hall–Kier alpha value is -3.52. The summed E-state index contributed by atoms with van der Waals surface area (Å²) in [6.45, 7) is 5.57. The maximum atomic E-state index is 12.9. The van der Waals surface area contributed by atoms with E-state index in [1.165, 1.54) is 12.1 Å². The second-order valence-electron chi connectivity index (χ2n) is 7.93. The summed E-state index contributed by atoms with van der Waals surface area (Å²) >= 11 is 0. The number of halogens is 3. The quantitative estimate of drug-likeness (QED) is 0.301. The van der Waals surface area contributed by atoms with E-state index in [0.717, 1.165) is 40.8 Å². The summed E-state index contributed by atoms with van der Waals surface area (Å²) in [6.07, 6.45) is -4.38. The predicted octanol–water partition coefficient (Wildman–Crippen LogP) is 5.97. The van der Waals surface area contributed by atoms with Gasteiger partial charge in [0.25, 0.3) is 0 Å². The molecule has 0 spiro atoms. The Kier molecular flexibility index (Phi) is 6.29. The third kappa shape index (κ3) is 4.96. The molecule has 1 aromatic heterocycles. The predicted molar refractivity (Wildman–Crippen MR) is 124 cm³/mol. The van der Waals surface area contributed by atoms with Crippen LogP contribution in [-0.4, -0.2) is 21.2 Å². The van der Waals surface area contributed by atoms with Crippen molar-refractivity contribution in [2.24, 2.45) is 0 Å². The van der Waals surface area contributed by atoms with Gasteiger partial charge in [-0.3, -0.25) is 0 Å². The van der Waals surface area contributed by atoms with Crippen molar-refractivity contribution in [2.45, 2.75) is 33.1 Å². The van der Waals surface area contributed by atoms with Crippen LogP contribution in [0.1, 0.15) is 29.2 Å².